The normalized spacial score (nSPS) is 21.4. The molecule has 3 aliphatic heterocycles. The molecule has 4 atom stereocenters. The lowest BCUT2D eigenvalue weighted by Crippen LogP contribution is -2.64. The zero-order valence-corrected chi connectivity index (χ0v) is 40.9. The number of benzene rings is 1. The monoisotopic (exact) mass is 935 g/mol. The minimum Gasteiger partial charge on any atom is -0.464 e. The van der Waals surface area contributed by atoms with E-state index in [1.165, 1.54) is 27.3 Å². The summed E-state index contributed by atoms with van der Waals surface area (Å²) >= 11 is 1.41. The van der Waals surface area contributed by atoms with Crippen LogP contribution in [0.3, 0.4) is 0 Å². The number of ether oxygens (including phenoxy) is 2. The van der Waals surface area contributed by atoms with Crippen molar-refractivity contribution in [2.45, 2.75) is 116 Å². The van der Waals surface area contributed by atoms with Gasteiger partial charge in [0.2, 0.25) is 11.8 Å². The van der Waals surface area contributed by atoms with Gasteiger partial charge in [-0.3, -0.25) is 29.2 Å². The van der Waals surface area contributed by atoms with Crippen LogP contribution in [-0.4, -0.2) is 135 Å². The standard InChI is InChI=1S/C50H65N9O7S/c1-10-41(60)56-22-23-58(50(28-56)18-19-50)48(64)55(8)43(30(3)4)45(61)53-37-25-40-52-38(27-67-40)32-16-17-39-34(24-32)35(44(57(39)11-2)33-14-12-20-51-42(33)31(5)65-9)26-49(6,7)29-66-47(63)36-15-13-21-59(54-36)46(37)62/h10,12,14,16-17,20,24,27,30-31,36-37,43,54H,1,11,13,15,18-19,21-23,25-26,28-29H2,2-9H3,(H,53,61)/t31-,36-,37-,43-/m0/s1. The lowest BCUT2D eigenvalue weighted by Gasteiger charge is -2.44. The van der Waals surface area contributed by atoms with E-state index in [2.05, 4.69) is 66.9 Å². The third kappa shape index (κ3) is 9.46. The number of piperazine rings is 1. The van der Waals surface area contributed by atoms with Crippen molar-refractivity contribution in [1.82, 2.24) is 45.0 Å². The number of urea groups is 1. The Morgan fingerprint density at radius 2 is 1.91 bits per heavy atom. The number of methoxy groups -OCH3 is 1. The van der Waals surface area contributed by atoms with E-state index in [4.69, 9.17) is 19.4 Å². The molecule has 1 aliphatic carbocycles. The molecule has 3 fully saturated rings. The van der Waals surface area contributed by atoms with Crippen LogP contribution >= 0.6 is 11.3 Å². The maximum atomic E-state index is 14.7. The SMILES string of the molecule is C=CC(=O)N1CCN(C(=O)N(C)[C@H](C(=O)N[C@H]2Cc3nc(cs3)-c3ccc4c(c3)c(c(-c3cccnc3[C@H](C)OC)n4CC)CC(C)(C)COC(=O)[C@@H]3CCCN(N3)C2=O)C(C)C)C2(CC2)C1. The summed E-state index contributed by atoms with van der Waals surface area (Å²) in [6.07, 6.45) is 6.01. The van der Waals surface area contributed by atoms with Gasteiger partial charge < -0.3 is 34.1 Å². The van der Waals surface area contributed by atoms with E-state index < -0.39 is 46.9 Å². The number of hydrazine groups is 1. The number of hydrogen-bond donors (Lipinski definition) is 2. The third-order valence-electron chi connectivity index (χ3n) is 14.0. The van der Waals surface area contributed by atoms with Crippen LogP contribution in [-0.2, 0) is 48.0 Å². The Labute approximate surface area is 397 Å². The molecule has 16 nitrogen and oxygen atoms in total. The van der Waals surface area contributed by atoms with E-state index in [1.807, 2.05) is 32.2 Å². The van der Waals surface area contributed by atoms with Crippen molar-refractivity contribution in [2.75, 3.05) is 46.9 Å². The second kappa shape index (κ2) is 19.2. The number of rotatable bonds is 9. The predicted molar refractivity (Wildman–Crippen MR) is 257 cm³/mol. The van der Waals surface area contributed by atoms with Crippen LogP contribution < -0.4 is 10.7 Å². The van der Waals surface area contributed by atoms with Gasteiger partial charge in [0, 0.05) is 92.3 Å². The summed E-state index contributed by atoms with van der Waals surface area (Å²) in [4.78, 5) is 84.9. The Balaban J connectivity index is 1.15. The number of likely N-dealkylation sites (N-methyl/N-ethyl adjacent to an activating group) is 1. The number of aryl methyl sites for hydroxylation is 1. The highest BCUT2D eigenvalue weighted by molar-refractivity contribution is 7.10. The van der Waals surface area contributed by atoms with E-state index >= 15 is 0 Å². The van der Waals surface area contributed by atoms with E-state index in [0.717, 1.165) is 57.5 Å². The molecule has 0 radical (unpaired) electrons. The second-order valence-corrected chi connectivity index (χ2v) is 20.6. The van der Waals surface area contributed by atoms with E-state index in [1.54, 1.807) is 30.2 Å². The van der Waals surface area contributed by atoms with Gasteiger partial charge in [-0.25, -0.2) is 15.2 Å². The van der Waals surface area contributed by atoms with Crippen molar-refractivity contribution < 1.29 is 33.4 Å². The predicted octanol–water partition coefficient (Wildman–Crippen LogP) is 6.14. The van der Waals surface area contributed by atoms with Gasteiger partial charge >= 0.3 is 12.0 Å². The number of esters is 1. The zero-order valence-electron chi connectivity index (χ0n) is 40.1. The molecule has 1 aromatic carbocycles. The minimum absolute atomic E-state index is 0.0763. The van der Waals surface area contributed by atoms with Crippen LogP contribution in [0.15, 0.2) is 54.6 Å². The number of amides is 5. The number of thiazole rings is 1. The first-order chi connectivity index (χ1) is 32.0. The van der Waals surface area contributed by atoms with Crippen molar-refractivity contribution in [1.29, 1.82) is 0 Å². The van der Waals surface area contributed by atoms with Gasteiger partial charge in [-0.1, -0.05) is 40.3 Å². The van der Waals surface area contributed by atoms with Gasteiger partial charge in [0.15, 0.2) is 0 Å². The summed E-state index contributed by atoms with van der Waals surface area (Å²) in [5.74, 6) is -1.84. The molecule has 5 amide bonds. The molecule has 67 heavy (non-hydrogen) atoms. The fourth-order valence-electron chi connectivity index (χ4n) is 10.2. The Morgan fingerprint density at radius 3 is 2.61 bits per heavy atom. The highest BCUT2D eigenvalue weighted by Crippen LogP contribution is 2.45. The minimum atomic E-state index is -1.09. The molecule has 4 aromatic rings. The first-order valence-electron chi connectivity index (χ1n) is 23.6. The topological polar surface area (TPSA) is 172 Å². The van der Waals surface area contributed by atoms with Crippen LogP contribution in [0.4, 0.5) is 4.79 Å². The summed E-state index contributed by atoms with van der Waals surface area (Å²) in [6.45, 7) is 18.0. The number of aromatic nitrogens is 3. The molecule has 8 rings (SSSR count). The third-order valence-corrected chi connectivity index (χ3v) is 14.8. The van der Waals surface area contributed by atoms with Crippen LogP contribution in [0.2, 0.25) is 0 Å². The lowest BCUT2D eigenvalue weighted by atomic mass is 9.84. The van der Waals surface area contributed by atoms with E-state index in [-0.39, 0.29) is 37.0 Å². The molecular weight excluding hydrogens is 871 g/mol. The van der Waals surface area contributed by atoms with Crippen LogP contribution in [0.1, 0.15) is 89.6 Å². The summed E-state index contributed by atoms with van der Waals surface area (Å²) in [7, 11) is 3.31. The molecule has 3 aromatic heterocycles. The van der Waals surface area contributed by atoms with E-state index in [9.17, 15) is 24.0 Å². The number of nitrogens with zero attached hydrogens (tertiary/aromatic N) is 7. The Hall–Kier alpha value is -5.65. The van der Waals surface area contributed by atoms with Crippen molar-refractivity contribution >= 4 is 52.0 Å². The Bertz CT molecular complexity index is 2560. The number of pyridine rings is 1. The van der Waals surface area contributed by atoms with Gasteiger partial charge in [0.25, 0.3) is 5.91 Å². The molecule has 358 valence electrons. The molecule has 2 N–H and O–H groups in total. The highest BCUT2D eigenvalue weighted by Gasteiger charge is 2.55. The van der Waals surface area contributed by atoms with Crippen molar-refractivity contribution in [2.24, 2.45) is 11.3 Å². The van der Waals surface area contributed by atoms with Gasteiger partial charge in [0.05, 0.1) is 40.3 Å². The molecule has 6 heterocycles. The fraction of sp³-hybridized carbons (Fsp3) is 0.540. The van der Waals surface area contributed by atoms with Crippen molar-refractivity contribution in [3.05, 3.63) is 70.8 Å². The summed E-state index contributed by atoms with van der Waals surface area (Å²) in [5, 5.41) is 8.15. The quantitative estimate of drug-likeness (QED) is 0.147. The van der Waals surface area contributed by atoms with Gasteiger partial charge in [-0.05, 0) is 87.8 Å². The number of carbonyl (C=O) groups excluding carboxylic acids is 5. The van der Waals surface area contributed by atoms with E-state index in [0.29, 0.717) is 57.0 Å². The molecule has 0 unspecified atom stereocenters. The average molecular weight is 936 g/mol. The first kappa shape index (κ1) is 47.8. The van der Waals surface area contributed by atoms with Crippen molar-refractivity contribution in [3.63, 3.8) is 0 Å². The summed E-state index contributed by atoms with van der Waals surface area (Å²) < 4.78 is 14.3. The maximum Gasteiger partial charge on any atom is 0.324 e. The van der Waals surface area contributed by atoms with Crippen LogP contribution in [0, 0.1) is 11.3 Å². The molecule has 1 spiro atoms. The van der Waals surface area contributed by atoms with Gasteiger partial charge in [0.1, 0.15) is 18.1 Å². The fourth-order valence-corrected chi connectivity index (χ4v) is 11.1. The van der Waals surface area contributed by atoms with Crippen LogP contribution in [0.5, 0.6) is 0 Å². The first-order valence-corrected chi connectivity index (χ1v) is 24.5. The summed E-state index contributed by atoms with van der Waals surface area (Å²) in [6, 6.07) is 7.32. The number of carbonyl (C=O) groups is 5. The smallest absolute Gasteiger partial charge is 0.324 e. The number of hydrogen-bond acceptors (Lipinski definition) is 11. The summed E-state index contributed by atoms with van der Waals surface area (Å²) in [5.41, 5.74) is 8.80. The average Bonchev–Trinajstić information content (AvgIpc) is 3.79. The molecule has 6 bridgehead atoms. The molecule has 2 saturated heterocycles. The van der Waals surface area contributed by atoms with Gasteiger partial charge in [-0.2, -0.15) is 0 Å². The van der Waals surface area contributed by atoms with Crippen molar-refractivity contribution in [3.8, 4) is 22.5 Å². The lowest BCUT2D eigenvalue weighted by molar-refractivity contribution is -0.155. The number of fused-ring (bicyclic) bond motifs is 6. The zero-order chi connectivity index (χ0) is 47.9. The van der Waals surface area contributed by atoms with Gasteiger partial charge in [-0.15, -0.1) is 11.3 Å². The number of cyclic esters (lactones) is 1. The highest BCUT2D eigenvalue weighted by atomic mass is 32.1. The van der Waals surface area contributed by atoms with Crippen LogP contribution in [0.25, 0.3) is 33.4 Å². The Kier molecular flexibility index (Phi) is 13.7. The molecular formula is C50H65N9O7S. The Morgan fingerprint density at radius 1 is 1.13 bits per heavy atom. The number of nitrogens with one attached hydrogen (secondary N) is 2. The maximum absolute atomic E-state index is 14.7. The molecule has 4 aliphatic rings. The largest absolute Gasteiger partial charge is 0.464 e. The molecule has 1 saturated carbocycles. The second-order valence-electron chi connectivity index (χ2n) is 19.7. The molecule has 17 heteroatoms.